The zero-order chi connectivity index (χ0) is 9.90. The van der Waals surface area contributed by atoms with Crippen molar-refractivity contribution in [2.45, 2.75) is 19.3 Å². The SMILES string of the molecule is C/N=C/C(C)(C)c1ccc(N)nc1. The Morgan fingerprint density at radius 2 is 2.15 bits per heavy atom. The van der Waals surface area contributed by atoms with Crippen molar-refractivity contribution in [3.8, 4) is 0 Å². The van der Waals surface area contributed by atoms with Crippen LogP contribution in [-0.2, 0) is 5.41 Å². The number of aromatic nitrogens is 1. The second kappa shape index (κ2) is 3.56. The molecule has 1 aromatic heterocycles. The maximum Gasteiger partial charge on any atom is 0.123 e. The lowest BCUT2D eigenvalue weighted by atomic mass is 9.87. The molecule has 13 heavy (non-hydrogen) atoms. The van der Waals surface area contributed by atoms with Crippen molar-refractivity contribution in [1.29, 1.82) is 0 Å². The molecule has 0 fully saturated rings. The predicted octanol–water partition coefficient (Wildman–Crippen LogP) is 1.64. The van der Waals surface area contributed by atoms with Crippen LogP contribution in [-0.4, -0.2) is 18.2 Å². The molecule has 3 nitrogen and oxygen atoms in total. The van der Waals surface area contributed by atoms with E-state index < -0.39 is 0 Å². The van der Waals surface area contributed by atoms with E-state index in [0.717, 1.165) is 5.56 Å². The van der Waals surface area contributed by atoms with Gasteiger partial charge in [-0.05, 0) is 11.6 Å². The topological polar surface area (TPSA) is 51.3 Å². The number of nitrogen functional groups attached to an aromatic ring is 1. The van der Waals surface area contributed by atoms with Crippen molar-refractivity contribution in [2.75, 3.05) is 12.8 Å². The van der Waals surface area contributed by atoms with Gasteiger partial charge in [0.05, 0.1) is 0 Å². The lowest BCUT2D eigenvalue weighted by Gasteiger charge is -2.18. The third-order valence-electron chi connectivity index (χ3n) is 1.98. The maximum atomic E-state index is 5.50. The van der Waals surface area contributed by atoms with Crippen molar-refractivity contribution in [1.82, 2.24) is 4.98 Å². The van der Waals surface area contributed by atoms with Gasteiger partial charge in [-0.2, -0.15) is 0 Å². The molecule has 0 aromatic carbocycles. The summed E-state index contributed by atoms with van der Waals surface area (Å²) in [5, 5.41) is 0. The van der Waals surface area contributed by atoms with Crippen molar-refractivity contribution < 1.29 is 0 Å². The molecule has 1 rings (SSSR count). The first-order chi connectivity index (χ1) is 6.06. The largest absolute Gasteiger partial charge is 0.384 e. The average molecular weight is 177 g/mol. The van der Waals surface area contributed by atoms with Gasteiger partial charge in [0, 0.05) is 24.9 Å². The summed E-state index contributed by atoms with van der Waals surface area (Å²) < 4.78 is 0. The number of pyridine rings is 1. The van der Waals surface area contributed by atoms with Crippen molar-refractivity contribution in [3.63, 3.8) is 0 Å². The molecule has 2 N–H and O–H groups in total. The molecule has 70 valence electrons. The molecule has 3 heteroatoms. The lowest BCUT2D eigenvalue weighted by molar-refractivity contribution is 0.729. The number of aliphatic imine (C=N–C) groups is 1. The van der Waals surface area contributed by atoms with Gasteiger partial charge in [0.1, 0.15) is 5.82 Å². The molecule has 0 saturated heterocycles. The number of rotatable bonds is 2. The smallest absolute Gasteiger partial charge is 0.123 e. The van der Waals surface area contributed by atoms with E-state index in [1.54, 1.807) is 19.3 Å². The molecule has 0 amide bonds. The molecule has 1 heterocycles. The molecule has 0 unspecified atom stereocenters. The van der Waals surface area contributed by atoms with Crippen LogP contribution in [0.1, 0.15) is 19.4 Å². The van der Waals surface area contributed by atoms with Crippen LogP contribution >= 0.6 is 0 Å². The van der Waals surface area contributed by atoms with Crippen molar-refractivity contribution in [2.24, 2.45) is 4.99 Å². The third kappa shape index (κ3) is 2.28. The highest BCUT2D eigenvalue weighted by Crippen LogP contribution is 2.20. The number of anilines is 1. The summed E-state index contributed by atoms with van der Waals surface area (Å²) in [6, 6.07) is 3.78. The Morgan fingerprint density at radius 3 is 2.62 bits per heavy atom. The normalized spacial score (nSPS) is 12.2. The number of nitrogens with zero attached hydrogens (tertiary/aromatic N) is 2. The van der Waals surface area contributed by atoms with Gasteiger partial charge in [0.2, 0.25) is 0 Å². The molecule has 0 aliphatic heterocycles. The summed E-state index contributed by atoms with van der Waals surface area (Å²) in [4.78, 5) is 8.07. The Bertz CT molecular complexity index is 298. The summed E-state index contributed by atoms with van der Waals surface area (Å²) >= 11 is 0. The fourth-order valence-corrected chi connectivity index (χ4v) is 1.18. The molecule has 0 saturated carbocycles. The monoisotopic (exact) mass is 177 g/mol. The zero-order valence-electron chi connectivity index (χ0n) is 8.28. The van der Waals surface area contributed by atoms with Crippen LogP contribution in [0.3, 0.4) is 0 Å². The quantitative estimate of drug-likeness (QED) is 0.698. The Balaban J connectivity index is 3.00. The summed E-state index contributed by atoms with van der Waals surface area (Å²) in [5.41, 5.74) is 6.54. The average Bonchev–Trinajstić information content (AvgIpc) is 2.05. The fraction of sp³-hybridized carbons (Fsp3) is 0.400. The first kappa shape index (κ1) is 9.71. The Labute approximate surface area is 78.7 Å². The molecule has 0 aliphatic rings. The van der Waals surface area contributed by atoms with Gasteiger partial charge in [0.15, 0.2) is 0 Å². The fourth-order valence-electron chi connectivity index (χ4n) is 1.18. The molecule has 0 radical (unpaired) electrons. The Hall–Kier alpha value is -1.38. The standard InChI is InChI=1S/C10H15N3/c1-10(2,7-12-3)8-4-5-9(11)13-6-8/h4-7H,1-3H3,(H2,11,13)/b12-7+. The van der Waals surface area contributed by atoms with Gasteiger partial charge in [-0.3, -0.25) is 4.99 Å². The van der Waals surface area contributed by atoms with Gasteiger partial charge >= 0.3 is 0 Å². The molecule has 0 spiro atoms. The van der Waals surface area contributed by atoms with E-state index in [9.17, 15) is 0 Å². The Morgan fingerprint density at radius 1 is 1.46 bits per heavy atom. The van der Waals surface area contributed by atoms with Gasteiger partial charge in [-0.25, -0.2) is 4.98 Å². The van der Waals surface area contributed by atoms with Crippen molar-refractivity contribution >= 4 is 12.0 Å². The first-order valence-corrected chi connectivity index (χ1v) is 4.21. The highest BCUT2D eigenvalue weighted by Gasteiger charge is 2.17. The minimum Gasteiger partial charge on any atom is -0.384 e. The third-order valence-corrected chi connectivity index (χ3v) is 1.98. The molecular formula is C10H15N3. The molecule has 0 atom stereocenters. The molecular weight excluding hydrogens is 162 g/mol. The van der Waals surface area contributed by atoms with Crippen LogP contribution in [0.5, 0.6) is 0 Å². The van der Waals surface area contributed by atoms with E-state index in [1.165, 1.54) is 0 Å². The van der Waals surface area contributed by atoms with Crippen molar-refractivity contribution in [3.05, 3.63) is 23.9 Å². The molecule has 0 aliphatic carbocycles. The minimum absolute atomic E-state index is 0.0740. The minimum atomic E-state index is -0.0740. The van der Waals surface area contributed by atoms with Crippen LogP contribution in [0.4, 0.5) is 5.82 Å². The number of nitrogens with two attached hydrogens (primary N) is 1. The van der Waals surface area contributed by atoms with E-state index in [0.29, 0.717) is 5.82 Å². The summed E-state index contributed by atoms with van der Waals surface area (Å²) in [6.07, 6.45) is 3.69. The summed E-state index contributed by atoms with van der Waals surface area (Å²) in [7, 11) is 1.77. The van der Waals surface area contributed by atoms with Gasteiger partial charge in [-0.15, -0.1) is 0 Å². The number of hydrogen-bond donors (Lipinski definition) is 1. The summed E-state index contributed by atoms with van der Waals surface area (Å²) in [6.45, 7) is 4.18. The zero-order valence-corrected chi connectivity index (χ0v) is 8.28. The summed E-state index contributed by atoms with van der Waals surface area (Å²) in [5.74, 6) is 0.549. The number of hydrogen-bond acceptors (Lipinski definition) is 3. The first-order valence-electron chi connectivity index (χ1n) is 4.21. The van der Waals surface area contributed by atoms with Crippen LogP contribution < -0.4 is 5.73 Å². The predicted molar refractivity (Wildman–Crippen MR) is 56.1 cm³/mol. The van der Waals surface area contributed by atoms with Crippen LogP contribution in [0.25, 0.3) is 0 Å². The highest BCUT2D eigenvalue weighted by molar-refractivity contribution is 5.72. The van der Waals surface area contributed by atoms with E-state index >= 15 is 0 Å². The van der Waals surface area contributed by atoms with Crippen LogP contribution in [0.2, 0.25) is 0 Å². The van der Waals surface area contributed by atoms with Gasteiger partial charge in [-0.1, -0.05) is 19.9 Å². The molecule has 0 bridgehead atoms. The van der Waals surface area contributed by atoms with E-state index in [2.05, 4.69) is 23.8 Å². The lowest BCUT2D eigenvalue weighted by Crippen LogP contribution is -2.19. The second-order valence-corrected chi connectivity index (χ2v) is 3.58. The van der Waals surface area contributed by atoms with Gasteiger partial charge in [0.25, 0.3) is 0 Å². The Kier molecular flexibility index (Phi) is 2.66. The van der Waals surface area contributed by atoms with E-state index in [1.807, 2.05) is 12.3 Å². The van der Waals surface area contributed by atoms with Crippen LogP contribution in [0, 0.1) is 0 Å². The van der Waals surface area contributed by atoms with E-state index in [-0.39, 0.29) is 5.41 Å². The van der Waals surface area contributed by atoms with E-state index in [4.69, 9.17) is 5.73 Å². The maximum absolute atomic E-state index is 5.50. The second-order valence-electron chi connectivity index (χ2n) is 3.58. The van der Waals surface area contributed by atoms with Crippen LogP contribution in [0.15, 0.2) is 23.3 Å². The highest BCUT2D eigenvalue weighted by atomic mass is 14.8. The van der Waals surface area contributed by atoms with Gasteiger partial charge < -0.3 is 5.73 Å². The molecule has 1 aromatic rings.